The number of hydrogen-bond donors (Lipinski definition) is 2. The van der Waals surface area contributed by atoms with Crippen LogP contribution in [-0.2, 0) is 0 Å². The number of amides is 1. The quantitative estimate of drug-likeness (QED) is 0.899. The van der Waals surface area contributed by atoms with Crippen molar-refractivity contribution in [2.75, 3.05) is 6.54 Å². The van der Waals surface area contributed by atoms with Crippen LogP contribution in [-0.4, -0.2) is 18.0 Å². The van der Waals surface area contributed by atoms with Crippen LogP contribution in [0.3, 0.4) is 0 Å². The Bertz CT molecular complexity index is 630. The molecule has 0 atom stereocenters. The number of nitrogens with two attached hydrogens (primary N) is 1. The Morgan fingerprint density at radius 2 is 1.80 bits per heavy atom. The van der Waals surface area contributed by atoms with Crippen molar-refractivity contribution in [2.24, 2.45) is 5.73 Å². The minimum atomic E-state index is -0.192. The van der Waals surface area contributed by atoms with Crippen LogP contribution < -0.4 is 11.1 Å². The molecule has 1 aliphatic carbocycles. The summed E-state index contributed by atoms with van der Waals surface area (Å²) in [5.74, 6) is -0.0110. The van der Waals surface area contributed by atoms with Crippen LogP contribution in [0.4, 0.5) is 0 Å². The third-order valence-corrected chi connectivity index (χ3v) is 4.34. The molecule has 2 aromatic rings. The Morgan fingerprint density at radius 3 is 2.50 bits per heavy atom. The lowest BCUT2D eigenvalue weighted by Crippen LogP contribution is -2.51. The SMILES string of the molecule is NCC1(NC(=O)c2ccc3ccccc3c2)CCCC1. The maximum Gasteiger partial charge on any atom is 0.251 e. The topological polar surface area (TPSA) is 55.1 Å². The van der Waals surface area contributed by atoms with E-state index < -0.39 is 0 Å². The summed E-state index contributed by atoms with van der Waals surface area (Å²) in [7, 11) is 0. The fraction of sp³-hybridized carbons (Fsp3) is 0.353. The van der Waals surface area contributed by atoms with Gasteiger partial charge in [0.05, 0.1) is 5.54 Å². The predicted octanol–water partition coefficient (Wildman–Crippen LogP) is 2.84. The number of carbonyl (C=O) groups excluding carboxylic acids is 1. The van der Waals surface area contributed by atoms with Gasteiger partial charge in [-0.3, -0.25) is 4.79 Å². The lowest BCUT2D eigenvalue weighted by Gasteiger charge is -2.28. The van der Waals surface area contributed by atoms with Gasteiger partial charge < -0.3 is 11.1 Å². The smallest absolute Gasteiger partial charge is 0.251 e. The molecule has 0 radical (unpaired) electrons. The van der Waals surface area contributed by atoms with Crippen molar-refractivity contribution < 1.29 is 4.79 Å². The Labute approximate surface area is 119 Å². The van der Waals surface area contributed by atoms with Gasteiger partial charge in [-0.1, -0.05) is 43.2 Å². The molecule has 1 saturated carbocycles. The van der Waals surface area contributed by atoms with E-state index in [9.17, 15) is 4.79 Å². The average molecular weight is 268 g/mol. The lowest BCUT2D eigenvalue weighted by molar-refractivity contribution is 0.0903. The van der Waals surface area contributed by atoms with Crippen LogP contribution in [0.2, 0.25) is 0 Å². The molecule has 3 N–H and O–H groups in total. The Kier molecular flexibility index (Phi) is 3.45. The number of fused-ring (bicyclic) bond motifs is 1. The van der Waals surface area contributed by atoms with E-state index >= 15 is 0 Å². The molecular formula is C17H20N2O. The molecule has 3 heteroatoms. The summed E-state index contributed by atoms with van der Waals surface area (Å²) < 4.78 is 0. The van der Waals surface area contributed by atoms with Crippen LogP contribution >= 0.6 is 0 Å². The van der Waals surface area contributed by atoms with Gasteiger partial charge in [0.1, 0.15) is 0 Å². The highest BCUT2D eigenvalue weighted by molar-refractivity contribution is 5.99. The van der Waals surface area contributed by atoms with E-state index in [4.69, 9.17) is 5.73 Å². The van der Waals surface area contributed by atoms with Gasteiger partial charge in [-0.15, -0.1) is 0 Å². The zero-order valence-electron chi connectivity index (χ0n) is 11.6. The Morgan fingerprint density at radius 1 is 1.10 bits per heavy atom. The van der Waals surface area contributed by atoms with E-state index in [1.165, 1.54) is 0 Å². The third kappa shape index (κ3) is 2.41. The first-order valence-electron chi connectivity index (χ1n) is 7.24. The molecule has 104 valence electrons. The molecule has 1 aliphatic rings. The van der Waals surface area contributed by atoms with Gasteiger partial charge in [0.25, 0.3) is 5.91 Å². The van der Waals surface area contributed by atoms with Crippen LogP contribution in [0, 0.1) is 0 Å². The van der Waals surface area contributed by atoms with Crippen molar-refractivity contribution in [1.82, 2.24) is 5.32 Å². The highest BCUT2D eigenvalue weighted by atomic mass is 16.1. The first-order valence-corrected chi connectivity index (χ1v) is 7.24. The summed E-state index contributed by atoms with van der Waals surface area (Å²) in [6, 6.07) is 13.9. The van der Waals surface area contributed by atoms with Gasteiger partial charge in [-0.25, -0.2) is 0 Å². The number of carbonyl (C=O) groups is 1. The molecule has 20 heavy (non-hydrogen) atoms. The molecule has 0 heterocycles. The van der Waals surface area contributed by atoms with Gasteiger partial charge in [-0.2, -0.15) is 0 Å². The van der Waals surface area contributed by atoms with Crippen molar-refractivity contribution in [3.8, 4) is 0 Å². The van der Waals surface area contributed by atoms with Crippen molar-refractivity contribution in [3.63, 3.8) is 0 Å². The molecular weight excluding hydrogens is 248 g/mol. The molecule has 0 aliphatic heterocycles. The molecule has 3 nitrogen and oxygen atoms in total. The van der Waals surface area contributed by atoms with Gasteiger partial charge in [0.15, 0.2) is 0 Å². The second-order valence-electron chi connectivity index (χ2n) is 5.71. The summed E-state index contributed by atoms with van der Waals surface area (Å²) in [5.41, 5.74) is 6.39. The van der Waals surface area contributed by atoms with Gasteiger partial charge in [0, 0.05) is 12.1 Å². The highest BCUT2D eigenvalue weighted by Gasteiger charge is 2.34. The second-order valence-corrected chi connectivity index (χ2v) is 5.71. The van der Waals surface area contributed by atoms with Crippen LogP contribution in [0.15, 0.2) is 42.5 Å². The molecule has 0 bridgehead atoms. The van der Waals surface area contributed by atoms with E-state index in [1.54, 1.807) is 0 Å². The first-order chi connectivity index (χ1) is 9.72. The standard InChI is InChI=1S/C17H20N2O/c18-12-17(9-3-4-10-17)19-16(20)15-8-7-13-5-1-2-6-14(13)11-15/h1-2,5-8,11H,3-4,9-10,12,18H2,(H,19,20). The maximum atomic E-state index is 12.4. The molecule has 0 saturated heterocycles. The number of benzene rings is 2. The molecule has 1 amide bonds. The zero-order chi connectivity index (χ0) is 14.0. The van der Waals surface area contributed by atoms with Gasteiger partial charge in [-0.05, 0) is 35.7 Å². The zero-order valence-corrected chi connectivity index (χ0v) is 11.6. The minimum Gasteiger partial charge on any atom is -0.345 e. The monoisotopic (exact) mass is 268 g/mol. The molecule has 2 aromatic carbocycles. The Balaban J connectivity index is 1.85. The van der Waals surface area contributed by atoms with E-state index in [2.05, 4.69) is 11.4 Å². The van der Waals surface area contributed by atoms with Gasteiger partial charge in [0.2, 0.25) is 0 Å². The van der Waals surface area contributed by atoms with Crippen molar-refractivity contribution in [1.29, 1.82) is 0 Å². The van der Waals surface area contributed by atoms with Crippen LogP contribution in [0.25, 0.3) is 10.8 Å². The summed E-state index contributed by atoms with van der Waals surface area (Å²) in [6.45, 7) is 0.520. The van der Waals surface area contributed by atoms with Gasteiger partial charge >= 0.3 is 0 Å². The fourth-order valence-corrected chi connectivity index (χ4v) is 3.08. The maximum absolute atomic E-state index is 12.4. The lowest BCUT2D eigenvalue weighted by atomic mass is 9.97. The number of nitrogens with one attached hydrogen (secondary N) is 1. The molecule has 0 spiro atoms. The fourth-order valence-electron chi connectivity index (χ4n) is 3.08. The number of rotatable bonds is 3. The number of hydrogen-bond acceptors (Lipinski definition) is 2. The summed E-state index contributed by atoms with van der Waals surface area (Å²) in [6.07, 6.45) is 4.27. The predicted molar refractivity (Wildman–Crippen MR) is 81.7 cm³/mol. The molecule has 0 aromatic heterocycles. The summed E-state index contributed by atoms with van der Waals surface area (Å²) in [4.78, 5) is 12.4. The van der Waals surface area contributed by atoms with Crippen molar-refractivity contribution >= 4 is 16.7 Å². The third-order valence-electron chi connectivity index (χ3n) is 4.34. The normalized spacial score (nSPS) is 17.2. The average Bonchev–Trinajstić information content (AvgIpc) is 2.96. The van der Waals surface area contributed by atoms with E-state index in [1.807, 2.05) is 36.4 Å². The Hall–Kier alpha value is -1.87. The molecule has 0 unspecified atom stereocenters. The van der Waals surface area contributed by atoms with Crippen molar-refractivity contribution in [3.05, 3.63) is 48.0 Å². The van der Waals surface area contributed by atoms with E-state index in [0.717, 1.165) is 36.5 Å². The van der Waals surface area contributed by atoms with Crippen LogP contribution in [0.1, 0.15) is 36.0 Å². The van der Waals surface area contributed by atoms with E-state index in [-0.39, 0.29) is 11.4 Å². The van der Waals surface area contributed by atoms with E-state index in [0.29, 0.717) is 12.1 Å². The minimum absolute atomic E-state index is 0.0110. The second kappa shape index (κ2) is 5.25. The largest absolute Gasteiger partial charge is 0.345 e. The summed E-state index contributed by atoms with van der Waals surface area (Å²) in [5, 5.41) is 5.40. The summed E-state index contributed by atoms with van der Waals surface area (Å²) >= 11 is 0. The first kappa shape index (κ1) is 13.1. The van der Waals surface area contributed by atoms with Crippen molar-refractivity contribution in [2.45, 2.75) is 31.2 Å². The van der Waals surface area contributed by atoms with Crippen LogP contribution in [0.5, 0.6) is 0 Å². The highest BCUT2D eigenvalue weighted by Crippen LogP contribution is 2.29. The molecule has 1 fully saturated rings. The molecule has 3 rings (SSSR count).